The third-order valence-corrected chi connectivity index (χ3v) is 7.65. The van der Waals surface area contributed by atoms with Crippen molar-refractivity contribution in [1.82, 2.24) is 14.8 Å². The average molecular weight is 470 g/mol. The standard InChI is InChI=1S/C30H35N3O2/c1-21-11-12-24(22(2)19-21)28-20-26(25-9-5-6-10-27(25)31-28)30(35)33-17-13-23(14-18-33)29(34)32-15-7-3-4-8-16-32/h5-6,9-12,19-20,23H,3-4,7-8,13-18H2,1-2H3. The van der Waals surface area contributed by atoms with Gasteiger partial charge in [0.2, 0.25) is 5.91 Å². The summed E-state index contributed by atoms with van der Waals surface area (Å²) in [5.41, 5.74) is 5.77. The molecule has 5 nitrogen and oxygen atoms in total. The van der Waals surface area contributed by atoms with E-state index in [4.69, 9.17) is 4.98 Å². The first-order chi connectivity index (χ1) is 17.0. The molecule has 0 atom stereocenters. The Labute approximate surface area is 208 Å². The molecular formula is C30H35N3O2. The lowest BCUT2D eigenvalue weighted by atomic mass is 9.94. The summed E-state index contributed by atoms with van der Waals surface area (Å²) in [7, 11) is 0. The molecule has 0 radical (unpaired) electrons. The fourth-order valence-corrected chi connectivity index (χ4v) is 5.64. The van der Waals surface area contributed by atoms with E-state index < -0.39 is 0 Å². The molecule has 2 amide bonds. The summed E-state index contributed by atoms with van der Waals surface area (Å²) >= 11 is 0. The van der Waals surface area contributed by atoms with Crippen molar-refractivity contribution >= 4 is 22.7 Å². The number of aromatic nitrogens is 1. The molecule has 2 saturated heterocycles. The van der Waals surface area contributed by atoms with Crippen molar-refractivity contribution in [3.05, 3.63) is 65.2 Å². The molecule has 35 heavy (non-hydrogen) atoms. The van der Waals surface area contributed by atoms with Gasteiger partial charge in [-0.2, -0.15) is 0 Å². The summed E-state index contributed by atoms with van der Waals surface area (Å²) in [5, 5.41) is 0.883. The monoisotopic (exact) mass is 469 g/mol. The molecule has 3 aromatic rings. The van der Waals surface area contributed by atoms with Gasteiger partial charge >= 0.3 is 0 Å². The Hall–Kier alpha value is -3.21. The zero-order chi connectivity index (χ0) is 24.4. The number of likely N-dealkylation sites (tertiary alicyclic amines) is 2. The number of rotatable bonds is 3. The quantitative estimate of drug-likeness (QED) is 0.489. The maximum Gasteiger partial charge on any atom is 0.254 e. The maximum atomic E-state index is 13.8. The molecule has 2 aliphatic heterocycles. The SMILES string of the molecule is Cc1ccc(-c2cc(C(=O)N3CCC(C(=O)N4CCCCCC4)CC3)c3ccccc3n2)c(C)c1. The van der Waals surface area contributed by atoms with Gasteiger partial charge in [0.05, 0.1) is 16.8 Å². The van der Waals surface area contributed by atoms with E-state index in [0.717, 1.165) is 66.5 Å². The van der Waals surface area contributed by atoms with Crippen LogP contribution in [0.4, 0.5) is 0 Å². The number of benzene rings is 2. The highest BCUT2D eigenvalue weighted by Gasteiger charge is 2.31. The molecule has 2 aromatic carbocycles. The number of hydrogen-bond donors (Lipinski definition) is 0. The van der Waals surface area contributed by atoms with Crippen LogP contribution in [-0.2, 0) is 4.79 Å². The largest absolute Gasteiger partial charge is 0.342 e. The van der Waals surface area contributed by atoms with Gasteiger partial charge < -0.3 is 9.80 Å². The van der Waals surface area contributed by atoms with Gasteiger partial charge in [-0.15, -0.1) is 0 Å². The van der Waals surface area contributed by atoms with Crippen LogP contribution in [0.25, 0.3) is 22.2 Å². The number of amides is 2. The predicted molar refractivity (Wildman–Crippen MR) is 140 cm³/mol. The Morgan fingerprint density at radius 2 is 1.54 bits per heavy atom. The zero-order valence-electron chi connectivity index (χ0n) is 20.9. The van der Waals surface area contributed by atoms with Crippen LogP contribution in [0.3, 0.4) is 0 Å². The third-order valence-electron chi connectivity index (χ3n) is 7.65. The summed E-state index contributed by atoms with van der Waals surface area (Å²) in [6.45, 7) is 7.20. The molecule has 3 heterocycles. The van der Waals surface area contributed by atoms with E-state index in [1.54, 1.807) is 0 Å². The summed E-state index contributed by atoms with van der Waals surface area (Å²) < 4.78 is 0. The molecule has 5 rings (SSSR count). The lowest BCUT2D eigenvalue weighted by Gasteiger charge is -2.34. The van der Waals surface area contributed by atoms with Gasteiger partial charge in [0, 0.05) is 43.0 Å². The summed E-state index contributed by atoms with van der Waals surface area (Å²) in [6.07, 6.45) is 6.16. The van der Waals surface area contributed by atoms with E-state index in [9.17, 15) is 9.59 Å². The minimum atomic E-state index is 0.0373. The normalized spacial score (nSPS) is 17.4. The van der Waals surface area contributed by atoms with Crippen LogP contribution in [0.5, 0.6) is 0 Å². The highest BCUT2D eigenvalue weighted by molar-refractivity contribution is 6.07. The summed E-state index contributed by atoms with van der Waals surface area (Å²) in [6, 6.07) is 16.2. The van der Waals surface area contributed by atoms with Gasteiger partial charge in [-0.05, 0) is 57.2 Å². The van der Waals surface area contributed by atoms with Gasteiger partial charge in [0.25, 0.3) is 5.91 Å². The number of fused-ring (bicyclic) bond motifs is 1. The molecular weight excluding hydrogens is 434 g/mol. The Morgan fingerprint density at radius 3 is 2.26 bits per heavy atom. The fourth-order valence-electron chi connectivity index (χ4n) is 5.64. The minimum Gasteiger partial charge on any atom is -0.342 e. The second kappa shape index (κ2) is 10.2. The zero-order valence-corrected chi connectivity index (χ0v) is 20.9. The van der Waals surface area contributed by atoms with Crippen molar-refractivity contribution in [3.8, 4) is 11.3 Å². The molecule has 2 aliphatic rings. The Kier molecular flexibility index (Phi) is 6.85. The van der Waals surface area contributed by atoms with Crippen molar-refractivity contribution < 1.29 is 9.59 Å². The van der Waals surface area contributed by atoms with E-state index in [-0.39, 0.29) is 11.8 Å². The molecule has 0 bridgehead atoms. The van der Waals surface area contributed by atoms with E-state index in [0.29, 0.717) is 24.6 Å². The fraction of sp³-hybridized carbons (Fsp3) is 0.433. The van der Waals surface area contributed by atoms with Crippen LogP contribution in [0.1, 0.15) is 60.0 Å². The molecule has 182 valence electrons. The molecule has 1 aromatic heterocycles. The van der Waals surface area contributed by atoms with E-state index in [1.807, 2.05) is 35.2 Å². The van der Waals surface area contributed by atoms with Gasteiger partial charge in [-0.3, -0.25) is 9.59 Å². The van der Waals surface area contributed by atoms with Crippen LogP contribution in [0.2, 0.25) is 0 Å². The number of hydrogen-bond acceptors (Lipinski definition) is 3. The van der Waals surface area contributed by atoms with Crippen molar-refractivity contribution in [3.63, 3.8) is 0 Å². The first kappa shape index (κ1) is 23.5. The van der Waals surface area contributed by atoms with Crippen LogP contribution in [0.15, 0.2) is 48.5 Å². The lowest BCUT2D eigenvalue weighted by Crippen LogP contribution is -2.44. The Balaban J connectivity index is 1.37. The third kappa shape index (κ3) is 4.95. The number of piperidine rings is 1. The van der Waals surface area contributed by atoms with Crippen molar-refractivity contribution in [2.75, 3.05) is 26.2 Å². The number of aryl methyl sites for hydroxylation is 2. The van der Waals surface area contributed by atoms with Gasteiger partial charge in [-0.1, -0.05) is 54.8 Å². The van der Waals surface area contributed by atoms with Crippen molar-refractivity contribution in [2.45, 2.75) is 52.4 Å². The second-order valence-electron chi connectivity index (χ2n) is 10.2. The predicted octanol–water partition coefficient (Wildman–Crippen LogP) is 5.77. The second-order valence-corrected chi connectivity index (χ2v) is 10.2. The van der Waals surface area contributed by atoms with Crippen LogP contribution < -0.4 is 0 Å². The summed E-state index contributed by atoms with van der Waals surface area (Å²) in [4.78, 5) is 35.8. The first-order valence-corrected chi connectivity index (χ1v) is 13.1. The lowest BCUT2D eigenvalue weighted by molar-refractivity contribution is -0.136. The highest BCUT2D eigenvalue weighted by atomic mass is 16.2. The minimum absolute atomic E-state index is 0.0373. The van der Waals surface area contributed by atoms with Crippen LogP contribution in [-0.4, -0.2) is 52.8 Å². The first-order valence-electron chi connectivity index (χ1n) is 13.1. The molecule has 2 fully saturated rings. The number of carbonyl (C=O) groups excluding carboxylic acids is 2. The van der Waals surface area contributed by atoms with Gasteiger partial charge in [-0.25, -0.2) is 4.98 Å². The van der Waals surface area contributed by atoms with Gasteiger partial charge in [0.15, 0.2) is 0 Å². The van der Waals surface area contributed by atoms with Crippen molar-refractivity contribution in [1.29, 1.82) is 0 Å². The van der Waals surface area contributed by atoms with E-state index in [2.05, 4.69) is 36.9 Å². The summed E-state index contributed by atoms with van der Waals surface area (Å²) in [5.74, 6) is 0.373. The maximum absolute atomic E-state index is 13.8. The van der Waals surface area contributed by atoms with E-state index in [1.165, 1.54) is 18.4 Å². The molecule has 0 N–H and O–H groups in total. The average Bonchev–Trinajstić information content (AvgIpc) is 3.17. The van der Waals surface area contributed by atoms with Gasteiger partial charge in [0.1, 0.15) is 0 Å². The van der Waals surface area contributed by atoms with E-state index >= 15 is 0 Å². The molecule has 0 saturated carbocycles. The number of pyridine rings is 1. The molecule has 0 spiro atoms. The van der Waals surface area contributed by atoms with Crippen LogP contribution in [0, 0.1) is 19.8 Å². The molecule has 5 heteroatoms. The Bertz CT molecular complexity index is 1240. The number of nitrogens with zero attached hydrogens (tertiary/aromatic N) is 3. The van der Waals surface area contributed by atoms with Crippen LogP contribution >= 0.6 is 0 Å². The molecule has 0 aliphatic carbocycles. The topological polar surface area (TPSA) is 53.5 Å². The van der Waals surface area contributed by atoms with Crippen molar-refractivity contribution in [2.24, 2.45) is 5.92 Å². The number of carbonyl (C=O) groups is 2. The number of para-hydroxylation sites is 1. The molecule has 0 unspecified atom stereocenters. The Morgan fingerprint density at radius 1 is 0.829 bits per heavy atom. The smallest absolute Gasteiger partial charge is 0.254 e. The highest BCUT2D eigenvalue weighted by Crippen LogP contribution is 2.30.